The van der Waals surface area contributed by atoms with E-state index in [9.17, 15) is 9.59 Å². The van der Waals surface area contributed by atoms with Gasteiger partial charge < -0.3 is 25.0 Å². The molecule has 1 aliphatic rings. The van der Waals surface area contributed by atoms with Crippen LogP contribution in [0.2, 0.25) is 0 Å². The summed E-state index contributed by atoms with van der Waals surface area (Å²) in [6, 6.07) is 15.0. The highest BCUT2D eigenvalue weighted by molar-refractivity contribution is 6.39. The molecule has 0 aliphatic carbocycles. The van der Waals surface area contributed by atoms with Crippen molar-refractivity contribution in [2.24, 2.45) is 0 Å². The van der Waals surface area contributed by atoms with Crippen LogP contribution in [0, 0.1) is 0 Å². The number of carbonyl (C=O) groups excluding carboxylic acids is 2. The summed E-state index contributed by atoms with van der Waals surface area (Å²) in [5.41, 5.74) is 1.64. The molecule has 2 aromatic carbocycles. The quantitative estimate of drug-likeness (QED) is 0.672. The van der Waals surface area contributed by atoms with Gasteiger partial charge >= 0.3 is 11.8 Å². The van der Waals surface area contributed by atoms with Crippen LogP contribution in [0.25, 0.3) is 0 Å². The van der Waals surface area contributed by atoms with E-state index < -0.39 is 11.8 Å². The molecule has 2 N–H and O–H groups in total. The van der Waals surface area contributed by atoms with Crippen LogP contribution in [0.3, 0.4) is 0 Å². The van der Waals surface area contributed by atoms with Gasteiger partial charge in [0, 0.05) is 45.0 Å². The molecule has 160 valence electrons. The minimum Gasteiger partial charge on any atom is -0.497 e. The van der Waals surface area contributed by atoms with Crippen molar-refractivity contribution >= 4 is 23.2 Å². The standard InChI is InChI=1S/C22H28N4O4/c1-29-18-9-7-17(8-10-18)26-15-13-25(14-16-26)12-11-23-21(27)22(28)24-19-5-3-4-6-20(19)30-2/h3-10H,11-16H2,1-2H3,(H,23,27)(H,24,28). The number of nitrogens with one attached hydrogen (secondary N) is 2. The number of anilines is 2. The van der Waals surface area contributed by atoms with Crippen LogP contribution in [-0.4, -0.2) is 70.2 Å². The van der Waals surface area contributed by atoms with E-state index in [0.29, 0.717) is 24.5 Å². The Labute approximate surface area is 176 Å². The average molecular weight is 412 g/mol. The summed E-state index contributed by atoms with van der Waals surface area (Å²) in [7, 11) is 3.17. The second kappa shape index (κ2) is 10.5. The summed E-state index contributed by atoms with van der Waals surface area (Å²) in [6.07, 6.45) is 0. The van der Waals surface area contributed by atoms with Crippen LogP contribution >= 0.6 is 0 Å². The molecular formula is C22H28N4O4. The SMILES string of the molecule is COc1ccc(N2CCN(CCNC(=O)C(=O)Nc3ccccc3OC)CC2)cc1. The van der Waals surface area contributed by atoms with Gasteiger partial charge in [-0.2, -0.15) is 0 Å². The van der Waals surface area contributed by atoms with Gasteiger partial charge in [-0.1, -0.05) is 12.1 Å². The summed E-state index contributed by atoms with van der Waals surface area (Å²) < 4.78 is 10.4. The lowest BCUT2D eigenvalue weighted by Crippen LogP contribution is -2.49. The molecule has 1 heterocycles. The number of rotatable bonds is 7. The van der Waals surface area contributed by atoms with Crippen molar-refractivity contribution < 1.29 is 19.1 Å². The van der Waals surface area contributed by atoms with E-state index in [1.54, 1.807) is 31.4 Å². The van der Waals surface area contributed by atoms with E-state index in [2.05, 4.69) is 32.6 Å². The molecule has 8 heteroatoms. The van der Waals surface area contributed by atoms with Crippen LogP contribution in [0.4, 0.5) is 11.4 Å². The first-order valence-electron chi connectivity index (χ1n) is 9.94. The molecule has 30 heavy (non-hydrogen) atoms. The highest BCUT2D eigenvalue weighted by Crippen LogP contribution is 2.23. The van der Waals surface area contributed by atoms with E-state index in [0.717, 1.165) is 31.9 Å². The topological polar surface area (TPSA) is 83.1 Å². The van der Waals surface area contributed by atoms with E-state index >= 15 is 0 Å². The van der Waals surface area contributed by atoms with E-state index in [-0.39, 0.29) is 0 Å². The molecule has 1 fully saturated rings. The highest BCUT2D eigenvalue weighted by atomic mass is 16.5. The number of amides is 2. The van der Waals surface area contributed by atoms with E-state index in [1.165, 1.54) is 12.8 Å². The lowest BCUT2D eigenvalue weighted by Gasteiger charge is -2.36. The Morgan fingerprint density at radius 2 is 1.60 bits per heavy atom. The molecule has 2 amide bonds. The van der Waals surface area contributed by atoms with Crippen LogP contribution in [0.15, 0.2) is 48.5 Å². The predicted molar refractivity (Wildman–Crippen MR) is 116 cm³/mol. The van der Waals surface area contributed by atoms with Gasteiger partial charge in [-0.3, -0.25) is 14.5 Å². The summed E-state index contributed by atoms with van der Waals surface area (Å²) in [4.78, 5) is 28.8. The van der Waals surface area contributed by atoms with Crippen molar-refractivity contribution in [3.63, 3.8) is 0 Å². The fourth-order valence-corrected chi connectivity index (χ4v) is 3.36. The summed E-state index contributed by atoms with van der Waals surface area (Å²) in [5, 5.41) is 5.26. The minimum absolute atomic E-state index is 0.417. The van der Waals surface area contributed by atoms with Crippen LogP contribution in [0.1, 0.15) is 0 Å². The molecular weight excluding hydrogens is 384 g/mol. The maximum Gasteiger partial charge on any atom is 0.313 e. The molecule has 0 unspecified atom stereocenters. The first kappa shape index (κ1) is 21.4. The minimum atomic E-state index is -0.705. The number of benzene rings is 2. The highest BCUT2D eigenvalue weighted by Gasteiger charge is 2.19. The largest absolute Gasteiger partial charge is 0.497 e. The monoisotopic (exact) mass is 412 g/mol. The number of ether oxygens (including phenoxy) is 2. The van der Waals surface area contributed by atoms with Crippen molar-refractivity contribution in [3.05, 3.63) is 48.5 Å². The number of hydrogen-bond donors (Lipinski definition) is 2. The lowest BCUT2D eigenvalue weighted by atomic mass is 10.2. The second-order valence-corrected chi connectivity index (χ2v) is 6.94. The number of nitrogens with zero attached hydrogens (tertiary/aromatic N) is 2. The van der Waals surface area contributed by atoms with Crippen molar-refractivity contribution in [2.45, 2.75) is 0 Å². The number of piperazine rings is 1. The number of para-hydroxylation sites is 2. The van der Waals surface area contributed by atoms with E-state index in [4.69, 9.17) is 9.47 Å². The first-order chi connectivity index (χ1) is 14.6. The third-order valence-electron chi connectivity index (χ3n) is 5.08. The molecule has 0 radical (unpaired) electrons. The fourth-order valence-electron chi connectivity index (χ4n) is 3.36. The Morgan fingerprint density at radius 1 is 0.900 bits per heavy atom. The van der Waals surface area contributed by atoms with Crippen molar-refractivity contribution in [1.29, 1.82) is 0 Å². The Hall–Kier alpha value is -3.26. The smallest absolute Gasteiger partial charge is 0.313 e. The summed E-state index contributed by atoms with van der Waals surface area (Å²) in [5.74, 6) is -0.00199. The molecule has 1 aliphatic heterocycles. The third-order valence-corrected chi connectivity index (χ3v) is 5.08. The van der Waals surface area contributed by atoms with Crippen LogP contribution in [0.5, 0.6) is 11.5 Å². The molecule has 1 saturated heterocycles. The maximum absolute atomic E-state index is 12.1. The Kier molecular flexibility index (Phi) is 7.51. The maximum atomic E-state index is 12.1. The van der Waals surface area contributed by atoms with Gasteiger partial charge in [-0.05, 0) is 36.4 Å². The van der Waals surface area contributed by atoms with Gasteiger partial charge in [0.05, 0.1) is 19.9 Å². The number of methoxy groups -OCH3 is 2. The van der Waals surface area contributed by atoms with Crippen LogP contribution in [-0.2, 0) is 9.59 Å². The molecule has 0 atom stereocenters. The Balaban J connectivity index is 1.38. The van der Waals surface area contributed by atoms with Gasteiger partial charge in [0.2, 0.25) is 0 Å². The zero-order valence-corrected chi connectivity index (χ0v) is 17.4. The van der Waals surface area contributed by atoms with Crippen molar-refractivity contribution in [1.82, 2.24) is 10.2 Å². The van der Waals surface area contributed by atoms with Crippen molar-refractivity contribution in [3.8, 4) is 11.5 Å². The fraction of sp³-hybridized carbons (Fsp3) is 0.364. The second-order valence-electron chi connectivity index (χ2n) is 6.94. The van der Waals surface area contributed by atoms with Gasteiger partial charge in [-0.25, -0.2) is 0 Å². The molecule has 0 spiro atoms. The zero-order valence-electron chi connectivity index (χ0n) is 17.4. The molecule has 2 aromatic rings. The molecule has 0 bridgehead atoms. The van der Waals surface area contributed by atoms with Gasteiger partial charge in [-0.15, -0.1) is 0 Å². The molecule has 0 aromatic heterocycles. The predicted octanol–water partition coefficient (Wildman–Crippen LogP) is 1.58. The lowest BCUT2D eigenvalue weighted by molar-refractivity contribution is -0.136. The van der Waals surface area contributed by atoms with Gasteiger partial charge in [0.25, 0.3) is 0 Å². The normalized spacial score (nSPS) is 14.1. The molecule has 3 rings (SSSR count). The number of carbonyl (C=O) groups is 2. The van der Waals surface area contributed by atoms with Gasteiger partial charge in [0.1, 0.15) is 11.5 Å². The summed E-state index contributed by atoms with van der Waals surface area (Å²) in [6.45, 7) is 4.73. The number of hydrogen-bond acceptors (Lipinski definition) is 6. The van der Waals surface area contributed by atoms with Gasteiger partial charge in [0.15, 0.2) is 0 Å². The molecule has 0 saturated carbocycles. The van der Waals surface area contributed by atoms with E-state index in [1.807, 2.05) is 12.1 Å². The average Bonchev–Trinajstić information content (AvgIpc) is 2.80. The third kappa shape index (κ3) is 5.64. The Morgan fingerprint density at radius 3 is 2.27 bits per heavy atom. The van der Waals surface area contributed by atoms with Crippen LogP contribution < -0.4 is 25.0 Å². The Bertz CT molecular complexity index is 848. The zero-order chi connectivity index (χ0) is 21.3. The first-order valence-corrected chi connectivity index (χ1v) is 9.94. The molecule has 8 nitrogen and oxygen atoms in total. The summed E-state index contributed by atoms with van der Waals surface area (Å²) >= 11 is 0. The van der Waals surface area contributed by atoms with Crippen molar-refractivity contribution in [2.75, 3.05) is 63.7 Å².